The Morgan fingerprint density at radius 2 is 1.17 bits per heavy atom. The molecule has 0 bridgehead atoms. The van der Waals surface area contributed by atoms with Crippen LogP contribution in [0.15, 0.2) is 36.4 Å². The first-order chi connectivity index (χ1) is 11.2. The molecule has 3 N–H and O–H groups in total. The number of hydrogen-bond acceptors (Lipinski definition) is 6. The Labute approximate surface area is 133 Å². The maximum absolute atomic E-state index is 11.1. The van der Waals surface area contributed by atoms with Crippen LogP contribution in [0.1, 0.15) is 11.1 Å². The summed E-state index contributed by atoms with van der Waals surface area (Å²) in [5, 5.41) is 11.1. The lowest BCUT2D eigenvalue weighted by molar-refractivity contribution is 0.0716. The molecule has 0 saturated carbocycles. The van der Waals surface area contributed by atoms with Crippen LogP contribution in [0.2, 0.25) is 0 Å². The summed E-state index contributed by atoms with van der Waals surface area (Å²) in [5.41, 5.74) is 5.35. The van der Waals surface area contributed by atoms with Gasteiger partial charge in [0, 0.05) is 11.1 Å². The number of nitrogens with two attached hydrogens (primary N) is 1. The lowest BCUT2D eigenvalue weighted by atomic mass is 9.92. The molecule has 0 aromatic heterocycles. The molecule has 0 fully saturated rings. The number of rotatable bonds is 2. The molecule has 0 aliphatic carbocycles. The molecule has 0 amide bonds. The van der Waals surface area contributed by atoms with Gasteiger partial charge in [-0.25, -0.2) is 0 Å². The van der Waals surface area contributed by atoms with Crippen LogP contribution in [0.3, 0.4) is 0 Å². The fourth-order valence-corrected chi connectivity index (χ4v) is 2.89. The summed E-state index contributed by atoms with van der Waals surface area (Å²) in [4.78, 5) is 0. The zero-order valence-electron chi connectivity index (χ0n) is 12.5. The first kappa shape index (κ1) is 14.2. The van der Waals surface area contributed by atoms with E-state index in [0.717, 1.165) is 0 Å². The van der Waals surface area contributed by atoms with Crippen molar-refractivity contribution in [2.75, 3.05) is 26.4 Å². The Balaban J connectivity index is 1.86. The van der Waals surface area contributed by atoms with E-state index in [1.165, 1.54) is 0 Å². The molecule has 23 heavy (non-hydrogen) atoms. The molecule has 0 atom stereocenters. The highest BCUT2D eigenvalue weighted by atomic mass is 16.6. The molecule has 2 aliphatic heterocycles. The Morgan fingerprint density at radius 3 is 1.65 bits per heavy atom. The van der Waals surface area contributed by atoms with Crippen molar-refractivity contribution in [3.05, 3.63) is 47.5 Å². The number of hydrogen-bond donors (Lipinski definition) is 2. The molecule has 0 unspecified atom stereocenters. The zero-order chi connectivity index (χ0) is 15.9. The van der Waals surface area contributed by atoms with E-state index in [4.69, 9.17) is 24.7 Å². The fraction of sp³-hybridized carbons (Fsp3) is 0.294. The van der Waals surface area contributed by atoms with Crippen LogP contribution < -0.4 is 24.7 Å². The summed E-state index contributed by atoms with van der Waals surface area (Å²) in [6.45, 7) is 1.76. The molecular formula is C17H17NO5. The van der Waals surface area contributed by atoms with Gasteiger partial charge in [0.1, 0.15) is 26.4 Å². The van der Waals surface area contributed by atoms with Crippen LogP contribution in [0.5, 0.6) is 23.0 Å². The van der Waals surface area contributed by atoms with Crippen LogP contribution in [0.25, 0.3) is 0 Å². The first-order valence-electron chi connectivity index (χ1n) is 7.47. The monoisotopic (exact) mass is 315 g/mol. The Morgan fingerprint density at radius 1 is 0.739 bits per heavy atom. The van der Waals surface area contributed by atoms with Crippen molar-refractivity contribution in [1.82, 2.24) is 0 Å². The predicted octanol–water partition coefficient (Wildman–Crippen LogP) is 1.38. The summed E-state index contributed by atoms with van der Waals surface area (Å²) >= 11 is 0. The summed E-state index contributed by atoms with van der Waals surface area (Å²) in [5.74, 6) is 2.05. The van der Waals surface area contributed by atoms with Crippen molar-refractivity contribution in [2.45, 2.75) is 5.72 Å². The van der Waals surface area contributed by atoms with Crippen LogP contribution in [0.4, 0.5) is 0 Å². The lowest BCUT2D eigenvalue weighted by Gasteiger charge is -2.31. The van der Waals surface area contributed by atoms with Gasteiger partial charge in [0.2, 0.25) is 0 Å². The summed E-state index contributed by atoms with van der Waals surface area (Å²) in [7, 11) is 0. The molecule has 2 aromatic rings. The summed E-state index contributed by atoms with van der Waals surface area (Å²) < 4.78 is 22.5. The van der Waals surface area contributed by atoms with Crippen molar-refractivity contribution in [2.24, 2.45) is 5.73 Å². The first-order valence-corrected chi connectivity index (χ1v) is 7.47. The van der Waals surface area contributed by atoms with Crippen LogP contribution in [0, 0.1) is 0 Å². The Hall–Kier alpha value is -2.44. The van der Waals surface area contributed by atoms with Gasteiger partial charge < -0.3 is 24.1 Å². The van der Waals surface area contributed by atoms with Gasteiger partial charge in [0.25, 0.3) is 0 Å². The number of fused-ring (bicyclic) bond motifs is 2. The molecule has 0 spiro atoms. The summed E-state index contributed by atoms with van der Waals surface area (Å²) in [6.07, 6.45) is 0. The maximum atomic E-state index is 11.1. The van der Waals surface area contributed by atoms with E-state index < -0.39 is 5.72 Å². The van der Waals surface area contributed by atoms with Gasteiger partial charge in [-0.3, -0.25) is 5.73 Å². The molecule has 0 saturated heterocycles. The van der Waals surface area contributed by atoms with E-state index in [2.05, 4.69) is 0 Å². The van der Waals surface area contributed by atoms with Crippen LogP contribution in [-0.4, -0.2) is 31.5 Å². The average molecular weight is 315 g/mol. The fourth-order valence-electron chi connectivity index (χ4n) is 2.89. The van der Waals surface area contributed by atoms with Crippen LogP contribution >= 0.6 is 0 Å². The number of aliphatic hydroxyl groups is 1. The number of para-hydroxylation sites is 2. The topological polar surface area (TPSA) is 83.2 Å². The maximum Gasteiger partial charge on any atom is 0.173 e. The van der Waals surface area contributed by atoms with Gasteiger partial charge >= 0.3 is 0 Å². The third-order valence-corrected chi connectivity index (χ3v) is 3.95. The molecule has 120 valence electrons. The van der Waals surface area contributed by atoms with Gasteiger partial charge in [-0.05, 0) is 12.1 Å². The molecule has 6 nitrogen and oxygen atoms in total. The molecular weight excluding hydrogens is 298 g/mol. The quantitative estimate of drug-likeness (QED) is 0.815. The number of benzene rings is 2. The largest absolute Gasteiger partial charge is 0.486 e. The lowest BCUT2D eigenvalue weighted by Crippen LogP contribution is -2.39. The van der Waals surface area contributed by atoms with Gasteiger partial charge in [-0.1, -0.05) is 24.3 Å². The molecule has 2 heterocycles. The van der Waals surface area contributed by atoms with Gasteiger partial charge in [0.05, 0.1) is 0 Å². The predicted molar refractivity (Wildman–Crippen MR) is 82.1 cm³/mol. The minimum atomic E-state index is -1.79. The smallest absolute Gasteiger partial charge is 0.173 e. The number of ether oxygens (including phenoxy) is 4. The third kappa shape index (κ3) is 2.27. The van der Waals surface area contributed by atoms with E-state index in [9.17, 15) is 5.11 Å². The Bertz CT molecular complexity index is 682. The minimum Gasteiger partial charge on any atom is -0.486 e. The molecule has 6 heteroatoms. The highest BCUT2D eigenvalue weighted by Crippen LogP contribution is 2.44. The molecule has 2 aromatic carbocycles. The van der Waals surface area contributed by atoms with Crippen molar-refractivity contribution in [1.29, 1.82) is 0 Å². The van der Waals surface area contributed by atoms with E-state index in [0.29, 0.717) is 60.6 Å². The third-order valence-electron chi connectivity index (χ3n) is 3.95. The second kappa shape index (κ2) is 5.33. The highest BCUT2D eigenvalue weighted by Gasteiger charge is 2.36. The average Bonchev–Trinajstić information content (AvgIpc) is 2.60. The van der Waals surface area contributed by atoms with E-state index in [1.807, 2.05) is 0 Å². The Kier molecular flexibility index (Phi) is 3.28. The standard InChI is InChI=1S/C17H17NO5/c18-17(19,11-3-1-5-13-15(11)22-9-7-20-13)12-4-2-6-14-16(12)23-10-8-21-14/h1-6,19H,7-10,18H2. The van der Waals surface area contributed by atoms with E-state index in [-0.39, 0.29) is 0 Å². The van der Waals surface area contributed by atoms with Gasteiger partial charge in [0.15, 0.2) is 28.7 Å². The van der Waals surface area contributed by atoms with Gasteiger partial charge in [-0.2, -0.15) is 0 Å². The summed E-state index contributed by atoms with van der Waals surface area (Å²) in [6, 6.07) is 10.6. The van der Waals surface area contributed by atoms with Crippen molar-refractivity contribution >= 4 is 0 Å². The zero-order valence-corrected chi connectivity index (χ0v) is 12.5. The SMILES string of the molecule is NC(O)(c1cccc2c1OCCO2)c1cccc2c1OCCO2. The molecule has 0 radical (unpaired) electrons. The minimum absolute atomic E-state index is 0.409. The van der Waals surface area contributed by atoms with Crippen molar-refractivity contribution in [3.8, 4) is 23.0 Å². The second-order valence-corrected chi connectivity index (χ2v) is 5.43. The molecule has 2 aliphatic rings. The molecule has 4 rings (SSSR count). The van der Waals surface area contributed by atoms with Crippen LogP contribution in [-0.2, 0) is 5.72 Å². The van der Waals surface area contributed by atoms with E-state index >= 15 is 0 Å². The highest BCUT2D eigenvalue weighted by molar-refractivity contribution is 5.57. The second-order valence-electron chi connectivity index (χ2n) is 5.43. The van der Waals surface area contributed by atoms with Gasteiger partial charge in [-0.15, -0.1) is 0 Å². The normalized spacial score (nSPS) is 16.1. The van der Waals surface area contributed by atoms with Crippen molar-refractivity contribution < 1.29 is 24.1 Å². The van der Waals surface area contributed by atoms with E-state index in [1.54, 1.807) is 36.4 Å². The van der Waals surface area contributed by atoms with Crippen molar-refractivity contribution in [3.63, 3.8) is 0 Å².